The minimum atomic E-state index is -0.482. The standard InChI is InChI=1S/C21H33N5O2.HI/c1-3-23-21(25-16-11-17-7-5-8-18(12-16)26(17)2)24-13-15-6-4-9-19(10-15)28-14-20(22)27;/h4,6,9-10,16-18H,3,5,7-8,11-14H2,1-2H3,(H2,22,27)(H2,23,24,25);1H. The number of nitrogens with two attached hydrogens (primary N) is 1. The van der Waals surface area contributed by atoms with Crippen LogP contribution in [0.2, 0.25) is 0 Å². The van der Waals surface area contributed by atoms with Gasteiger partial charge in [-0.05, 0) is 57.4 Å². The lowest BCUT2D eigenvalue weighted by molar-refractivity contribution is -0.119. The summed E-state index contributed by atoms with van der Waals surface area (Å²) in [5.74, 6) is 1.01. The number of guanidine groups is 1. The highest BCUT2D eigenvalue weighted by molar-refractivity contribution is 14.0. The van der Waals surface area contributed by atoms with Crippen LogP contribution in [0.15, 0.2) is 29.3 Å². The van der Waals surface area contributed by atoms with E-state index < -0.39 is 5.91 Å². The van der Waals surface area contributed by atoms with E-state index in [0.29, 0.717) is 30.4 Å². The number of fused-ring (bicyclic) bond motifs is 2. The topological polar surface area (TPSA) is 92.0 Å². The molecule has 2 aliphatic heterocycles. The van der Waals surface area contributed by atoms with Gasteiger partial charge in [-0.1, -0.05) is 18.6 Å². The summed E-state index contributed by atoms with van der Waals surface area (Å²) in [6.45, 7) is 3.34. The molecule has 2 unspecified atom stereocenters. The van der Waals surface area contributed by atoms with Crippen molar-refractivity contribution in [1.82, 2.24) is 15.5 Å². The molecular weight excluding hydrogens is 481 g/mol. The van der Waals surface area contributed by atoms with E-state index in [2.05, 4.69) is 29.5 Å². The fourth-order valence-electron chi connectivity index (χ4n) is 4.31. The van der Waals surface area contributed by atoms with Crippen molar-refractivity contribution in [2.24, 2.45) is 10.7 Å². The number of benzene rings is 1. The van der Waals surface area contributed by atoms with E-state index in [1.54, 1.807) is 0 Å². The third-order valence-corrected chi connectivity index (χ3v) is 5.72. The molecule has 2 saturated heterocycles. The van der Waals surface area contributed by atoms with Gasteiger partial charge in [0.1, 0.15) is 5.75 Å². The molecule has 0 aromatic heterocycles. The zero-order chi connectivity index (χ0) is 19.9. The molecule has 1 amide bonds. The molecule has 3 rings (SSSR count). The molecule has 0 saturated carbocycles. The first-order chi connectivity index (χ1) is 13.5. The third kappa shape index (κ3) is 7.02. The van der Waals surface area contributed by atoms with Crippen LogP contribution in [0, 0.1) is 0 Å². The Hall–Kier alpha value is -1.55. The number of aliphatic imine (C=N–C) groups is 1. The zero-order valence-electron chi connectivity index (χ0n) is 17.4. The summed E-state index contributed by atoms with van der Waals surface area (Å²) < 4.78 is 5.38. The Morgan fingerprint density at radius 1 is 1.31 bits per heavy atom. The lowest BCUT2D eigenvalue weighted by Gasteiger charge is -2.47. The predicted octanol–water partition coefficient (Wildman–Crippen LogP) is 2.24. The lowest BCUT2D eigenvalue weighted by atomic mass is 9.82. The van der Waals surface area contributed by atoms with E-state index in [4.69, 9.17) is 15.5 Å². The van der Waals surface area contributed by atoms with Crippen molar-refractivity contribution in [1.29, 1.82) is 0 Å². The van der Waals surface area contributed by atoms with Crippen molar-refractivity contribution >= 4 is 35.8 Å². The second kappa shape index (κ2) is 11.6. The SMILES string of the molecule is CCNC(=NCc1cccc(OCC(N)=O)c1)NC1CC2CCCC(C1)N2C.I. The summed E-state index contributed by atoms with van der Waals surface area (Å²) in [5.41, 5.74) is 6.16. The van der Waals surface area contributed by atoms with Gasteiger partial charge in [-0.15, -0.1) is 24.0 Å². The Bertz CT molecular complexity index is 685. The van der Waals surface area contributed by atoms with Crippen molar-refractivity contribution in [3.8, 4) is 5.75 Å². The van der Waals surface area contributed by atoms with E-state index in [0.717, 1.165) is 18.1 Å². The molecule has 1 aromatic rings. The van der Waals surface area contributed by atoms with Gasteiger partial charge in [-0.2, -0.15) is 0 Å². The molecule has 2 fully saturated rings. The Labute approximate surface area is 190 Å². The Morgan fingerprint density at radius 3 is 2.69 bits per heavy atom. The Morgan fingerprint density at radius 2 is 2.03 bits per heavy atom. The molecule has 29 heavy (non-hydrogen) atoms. The molecule has 0 radical (unpaired) electrons. The van der Waals surface area contributed by atoms with Gasteiger partial charge in [-0.25, -0.2) is 4.99 Å². The van der Waals surface area contributed by atoms with Crippen molar-refractivity contribution in [3.63, 3.8) is 0 Å². The summed E-state index contributed by atoms with van der Waals surface area (Å²) >= 11 is 0. The van der Waals surface area contributed by atoms with Crippen LogP contribution in [-0.4, -0.2) is 55.1 Å². The van der Waals surface area contributed by atoms with E-state index in [1.807, 2.05) is 24.3 Å². The van der Waals surface area contributed by atoms with Crippen LogP contribution in [0.3, 0.4) is 0 Å². The van der Waals surface area contributed by atoms with Gasteiger partial charge in [0.05, 0.1) is 6.54 Å². The number of halogens is 1. The second-order valence-electron chi connectivity index (χ2n) is 7.81. The average molecular weight is 515 g/mol. The minimum Gasteiger partial charge on any atom is -0.484 e. The molecule has 8 heteroatoms. The maximum Gasteiger partial charge on any atom is 0.255 e. The van der Waals surface area contributed by atoms with Gasteiger partial charge in [0, 0.05) is 24.7 Å². The molecule has 162 valence electrons. The summed E-state index contributed by atoms with van der Waals surface area (Å²) in [6.07, 6.45) is 6.31. The van der Waals surface area contributed by atoms with Gasteiger partial charge in [-0.3, -0.25) is 4.79 Å². The van der Waals surface area contributed by atoms with Gasteiger partial charge in [0.2, 0.25) is 0 Å². The van der Waals surface area contributed by atoms with Crippen molar-refractivity contribution < 1.29 is 9.53 Å². The molecule has 0 aliphatic carbocycles. The number of carbonyl (C=O) groups is 1. The third-order valence-electron chi connectivity index (χ3n) is 5.72. The van der Waals surface area contributed by atoms with E-state index in [9.17, 15) is 4.79 Å². The molecule has 2 heterocycles. The largest absolute Gasteiger partial charge is 0.484 e. The highest BCUT2D eigenvalue weighted by Gasteiger charge is 2.36. The number of primary amides is 1. The van der Waals surface area contributed by atoms with Crippen LogP contribution in [0.1, 0.15) is 44.6 Å². The Kier molecular flexibility index (Phi) is 9.48. The number of nitrogens with zero attached hydrogens (tertiary/aromatic N) is 2. The molecule has 4 N–H and O–H groups in total. The summed E-state index contributed by atoms with van der Waals surface area (Å²) in [4.78, 5) is 18.2. The van der Waals surface area contributed by atoms with E-state index in [1.165, 1.54) is 32.1 Å². The van der Waals surface area contributed by atoms with Crippen molar-refractivity contribution in [2.45, 2.75) is 63.7 Å². The molecule has 7 nitrogen and oxygen atoms in total. The Balaban J connectivity index is 0.00000300. The maximum atomic E-state index is 10.9. The monoisotopic (exact) mass is 515 g/mol. The van der Waals surface area contributed by atoms with Crippen LogP contribution >= 0.6 is 24.0 Å². The summed E-state index contributed by atoms with van der Waals surface area (Å²) in [5, 5.41) is 7.02. The fourth-order valence-corrected chi connectivity index (χ4v) is 4.31. The molecule has 1 aromatic carbocycles. The van der Waals surface area contributed by atoms with Crippen LogP contribution in [0.5, 0.6) is 5.75 Å². The molecular formula is C21H34IN5O2. The summed E-state index contributed by atoms with van der Waals surface area (Å²) in [7, 11) is 2.28. The minimum absolute atomic E-state index is 0. The molecule has 2 aliphatic rings. The summed E-state index contributed by atoms with van der Waals surface area (Å²) in [6, 6.07) is 9.46. The first-order valence-corrected chi connectivity index (χ1v) is 10.3. The van der Waals surface area contributed by atoms with Gasteiger partial charge in [0.15, 0.2) is 12.6 Å². The molecule has 0 spiro atoms. The highest BCUT2D eigenvalue weighted by atomic mass is 127. The second-order valence-corrected chi connectivity index (χ2v) is 7.81. The van der Waals surface area contributed by atoms with Gasteiger partial charge in [0.25, 0.3) is 5.91 Å². The number of piperidine rings is 2. The number of carbonyl (C=O) groups excluding carboxylic acids is 1. The number of hydrogen-bond donors (Lipinski definition) is 3. The smallest absolute Gasteiger partial charge is 0.255 e. The van der Waals surface area contributed by atoms with Gasteiger partial charge >= 0.3 is 0 Å². The maximum absolute atomic E-state index is 10.9. The predicted molar refractivity (Wildman–Crippen MR) is 127 cm³/mol. The number of rotatable bonds is 7. The van der Waals surface area contributed by atoms with E-state index >= 15 is 0 Å². The van der Waals surface area contributed by atoms with Crippen molar-refractivity contribution in [2.75, 3.05) is 20.2 Å². The quantitative estimate of drug-likeness (QED) is 0.295. The number of hydrogen-bond acceptors (Lipinski definition) is 4. The zero-order valence-corrected chi connectivity index (χ0v) is 19.7. The number of nitrogens with one attached hydrogen (secondary N) is 2. The molecule has 2 bridgehead atoms. The van der Waals surface area contributed by atoms with Crippen molar-refractivity contribution in [3.05, 3.63) is 29.8 Å². The lowest BCUT2D eigenvalue weighted by Crippen LogP contribution is -2.56. The van der Waals surface area contributed by atoms with Crippen LogP contribution in [-0.2, 0) is 11.3 Å². The number of ether oxygens (including phenoxy) is 1. The van der Waals surface area contributed by atoms with Crippen LogP contribution in [0.25, 0.3) is 0 Å². The molecule has 2 atom stereocenters. The van der Waals surface area contributed by atoms with Gasteiger partial charge < -0.3 is 26.0 Å². The van der Waals surface area contributed by atoms with Crippen LogP contribution in [0.4, 0.5) is 0 Å². The average Bonchev–Trinajstić information content (AvgIpc) is 2.66. The fraction of sp³-hybridized carbons (Fsp3) is 0.619. The van der Waals surface area contributed by atoms with Crippen LogP contribution < -0.4 is 21.1 Å². The highest BCUT2D eigenvalue weighted by Crippen LogP contribution is 2.32. The normalized spacial score (nSPS) is 24.3. The first-order valence-electron chi connectivity index (χ1n) is 10.3. The van der Waals surface area contributed by atoms with E-state index in [-0.39, 0.29) is 30.6 Å². The first kappa shape index (κ1) is 23.7. The number of amides is 1.